The average molecular weight is 485 g/mol. The van der Waals surface area contributed by atoms with E-state index in [4.69, 9.17) is 23.2 Å². The lowest BCUT2D eigenvalue weighted by Crippen LogP contribution is -2.40. The minimum absolute atomic E-state index is 0.177. The van der Waals surface area contributed by atoms with Crippen LogP contribution in [0.3, 0.4) is 0 Å². The van der Waals surface area contributed by atoms with Crippen LogP contribution in [-0.2, 0) is 16.9 Å². The molecule has 148 valence electrons. The van der Waals surface area contributed by atoms with Crippen LogP contribution in [0.1, 0.15) is 30.8 Å². The highest BCUT2D eigenvalue weighted by Gasteiger charge is 2.32. The van der Waals surface area contributed by atoms with Crippen LogP contribution in [-0.4, -0.2) is 25.5 Å². The number of hydrogen-bond acceptors (Lipinski definition) is 3. The number of aromatic nitrogens is 4. The van der Waals surface area contributed by atoms with Crippen molar-refractivity contribution in [3.63, 3.8) is 0 Å². The zero-order chi connectivity index (χ0) is 20.6. The van der Waals surface area contributed by atoms with Gasteiger partial charge in [0.15, 0.2) is 0 Å². The summed E-state index contributed by atoms with van der Waals surface area (Å²) in [5, 5.41) is 12.8. The van der Waals surface area contributed by atoms with Crippen LogP contribution >= 0.6 is 39.1 Å². The number of halogens is 3. The van der Waals surface area contributed by atoms with Crippen LogP contribution in [0.25, 0.3) is 0 Å². The summed E-state index contributed by atoms with van der Waals surface area (Å²) in [6, 6.07) is 5.48. The van der Waals surface area contributed by atoms with E-state index < -0.39 is 5.54 Å². The Morgan fingerprint density at radius 2 is 1.96 bits per heavy atom. The highest BCUT2D eigenvalue weighted by atomic mass is 79.9. The number of anilines is 1. The SMILES string of the molecule is Cc1nn(Cc2ccc(Cl)c(Cl)c2)c(C)c1NC(=O)C(C)(C)n1cc(Br)cn1. The Labute approximate surface area is 182 Å². The smallest absolute Gasteiger partial charge is 0.251 e. The molecular formula is C19H20BrCl2N5O. The third-order valence-corrected chi connectivity index (χ3v) is 5.76. The van der Waals surface area contributed by atoms with Crippen LogP contribution in [0.15, 0.2) is 35.1 Å². The third kappa shape index (κ3) is 4.11. The van der Waals surface area contributed by atoms with Gasteiger partial charge in [-0.1, -0.05) is 29.3 Å². The van der Waals surface area contributed by atoms with Crippen LogP contribution in [0.5, 0.6) is 0 Å². The maximum Gasteiger partial charge on any atom is 0.251 e. The van der Waals surface area contributed by atoms with Gasteiger partial charge in [0.2, 0.25) is 0 Å². The molecule has 0 unspecified atom stereocenters. The standard InChI is InChI=1S/C19H20BrCl2N5O/c1-11-17(24-18(28)19(3,4)27-10-14(20)8-23-27)12(2)26(25-11)9-13-5-6-15(21)16(22)7-13/h5-8,10H,9H2,1-4H3,(H,24,28). The molecule has 0 saturated carbocycles. The summed E-state index contributed by atoms with van der Waals surface area (Å²) in [6.07, 6.45) is 3.42. The summed E-state index contributed by atoms with van der Waals surface area (Å²) >= 11 is 15.5. The first kappa shape index (κ1) is 20.9. The number of nitrogens with one attached hydrogen (secondary N) is 1. The molecule has 6 nitrogen and oxygen atoms in total. The van der Waals surface area contributed by atoms with E-state index in [1.807, 2.05) is 44.5 Å². The second kappa shape index (κ2) is 7.89. The maximum absolute atomic E-state index is 12.9. The third-order valence-electron chi connectivity index (χ3n) is 4.62. The molecule has 0 bridgehead atoms. The van der Waals surface area contributed by atoms with Crippen molar-refractivity contribution in [1.29, 1.82) is 0 Å². The van der Waals surface area contributed by atoms with E-state index in [0.29, 0.717) is 22.3 Å². The molecule has 1 N–H and O–H groups in total. The lowest BCUT2D eigenvalue weighted by molar-refractivity contribution is -0.123. The second-order valence-electron chi connectivity index (χ2n) is 7.07. The molecule has 1 aromatic carbocycles. The molecule has 0 aliphatic carbocycles. The van der Waals surface area contributed by atoms with E-state index >= 15 is 0 Å². The first-order chi connectivity index (χ1) is 13.1. The second-order valence-corrected chi connectivity index (χ2v) is 8.80. The van der Waals surface area contributed by atoms with Crippen molar-refractivity contribution in [2.24, 2.45) is 0 Å². The topological polar surface area (TPSA) is 64.7 Å². The number of hydrogen-bond donors (Lipinski definition) is 1. The fourth-order valence-electron chi connectivity index (χ4n) is 2.82. The number of amides is 1. The van der Waals surface area contributed by atoms with Crippen molar-refractivity contribution in [3.05, 3.63) is 62.1 Å². The molecule has 2 aromatic heterocycles. The normalized spacial score (nSPS) is 11.7. The van der Waals surface area contributed by atoms with Crippen LogP contribution in [0, 0.1) is 13.8 Å². The van der Waals surface area contributed by atoms with Gasteiger partial charge in [-0.05, 0) is 61.3 Å². The minimum atomic E-state index is -0.864. The first-order valence-electron chi connectivity index (χ1n) is 8.59. The lowest BCUT2D eigenvalue weighted by Gasteiger charge is -2.24. The predicted molar refractivity (Wildman–Crippen MR) is 115 cm³/mol. The summed E-state index contributed by atoms with van der Waals surface area (Å²) < 4.78 is 4.27. The predicted octanol–water partition coefficient (Wildman–Crippen LogP) is 5.19. The monoisotopic (exact) mass is 483 g/mol. The Hall–Kier alpha value is -1.83. The van der Waals surface area contributed by atoms with Gasteiger partial charge < -0.3 is 5.32 Å². The largest absolute Gasteiger partial charge is 0.321 e. The van der Waals surface area contributed by atoms with Gasteiger partial charge in [-0.15, -0.1) is 0 Å². The molecular weight excluding hydrogens is 465 g/mol. The quantitative estimate of drug-likeness (QED) is 0.542. The Morgan fingerprint density at radius 3 is 2.57 bits per heavy atom. The molecule has 0 saturated heterocycles. The Kier molecular flexibility index (Phi) is 5.89. The molecule has 0 spiro atoms. The van der Waals surface area contributed by atoms with E-state index in [-0.39, 0.29) is 5.91 Å². The first-order valence-corrected chi connectivity index (χ1v) is 10.1. The molecule has 1 amide bonds. The van der Waals surface area contributed by atoms with E-state index in [1.165, 1.54) is 0 Å². The zero-order valence-corrected chi connectivity index (χ0v) is 19.0. The molecule has 0 aliphatic rings. The van der Waals surface area contributed by atoms with Gasteiger partial charge in [-0.2, -0.15) is 10.2 Å². The fourth-order valence-corrected chi connectivity index (χ4v) is 3.43. The molecule has 0 fully saturated rings. The molecule has 0 radical (unpaired) electrons. The molecule has 2 heterocycles. The van der Waals surface area contributed by atoms with Crippen LogP contribution in [0.4, 0.5) is 5.69 Å². The number of nitrogens with zero attached hydrogens (tertiary/aromatic N) is 4. The number of carbonyl (C=O) groups excluding carboxylic acids is 1. The maximum atomic E-state index is 12.9. The van der Waals surface area contributed by atoms with Crippen molar-refractivity contribution < 1.29 is 4.79 Å². The van der Waals surface area contributed by atoms with Gasteiger partial charge >= 0.3 is 0 Å². The molecule has 28 heavy (non-hydrogen) atoms. The zero-order valence-electron chi connectivity index (χ0n) is 15.9. The summed E-state index contributed by atoms with van der Waals surface area (Å²) in [7, 11) is 0. The van der Waals surface area contributed by atoms with E-state index in [2.05, 4.69) is 31.4 Å². The molecule has 3 rings (SSSR count). The van der Waals surface area contributed by atoms with Gasteiger partial charge in [-0.3, -0.25) is 14.2 Å². The van der Waals surface area contributed by atoms with Gasteiger partial charge in [0.25, 0.3) is 5.91 Å². The number of carbonyl (C=O) groups is 1. The minimum Gasteiger partial charge on any atom is -0.321 e. The van der Waals surface area contributed by atoms with Crippen LogP contribution in [0.2, 0.25) is 10.0 Å². The van der Waals surface area contributed by atoms with Crippen molar-refractivity contribution in [1.82, 2.24) is 19.6 Å². The van der Waals surface area contributed by atoms with Crippen molar-refractivity contribution >= 4 is 50.7 Å². The Morgan fingerprint density at radius 1 is 1.25 bits per heavy atom. The van der Waals surface area contributed by atoms with Crippen LogP contribution < -0.4 is 5.32 Å². The van der Waals surface area contributed by atoms with Crippen molar-refractivity contribution in [2.75, 3.05) is 5.32 Å². The highest BCUT2D eigenvalue weighted by Crippen LogP contribution is 2.26. The fraction of sp³-hybridized carbons (Fsp3) is 0.316. The van der Waals surface area contributed by atoms with Crippen molar-refractivity contribution in [3.8, 4) is 0 Å². The molecule has 0 atom stereocenters. The van der Waals surface area contributed by atoms with Gasteiger partial charge in [-0.25, -0.2) is 0 Å². The summed E-state index contributed by atoms with van der Waals surface area (Å²) in [4.78, 5) is 12.9. The summed E-state index contributed by atoms with van der Waals surface area (Å²) in [5.41, 5.74) is 2.40. The summed E-state index contributed by atoms with van der Waals surface area (Å²) in [5.74, 6) is -0.177. The average Bonchev–Trinajstić information content (AvgIpc) is 3.17. The van der Waals surface area contributed by atoms with E-state index in [1.54, 1.807) is 23.1 Å². The van der Waals surface area contributed by atoms with E-state index in [9.17, 15) is 4.79 Å². The molecule has 0 aliphatic heterocycles. The molecule has 3 aromatic rings. The lowest BCUT2D eigenvalue weighted by atomic mass is 10.0. The van der Waals surface area contributed by atoms with Gasteiger partial charge in [0.05, 0.1) is 44.3 Å². The number of rotatable bonds is 5. The number of benzene rings is 1. The number of aryl methyl sites for hydroxylation is 1. The molecule has 9 heteroatoms. The van der Waals surface area contributed by atoms with Gasteiger partial charge in [0.1, 0.15) is 5.54 Å². The summed E-state index contributed by atoms with van der Waals surface area (Å²) in [6.45, 7) is 7.93. The Bertz CT molecular complexity index is 1040. The van der Waals surface area contributed by atoms with Crippen molar-refractivity contribution in [2.45, 2.75) is 39.8 Å². The Balaban J connectivity index is 1.83. The van der Waals surface area contributed by atoms with E-state index in [0.717, 1.165) is 21.4 Å². The van der Waals surface area contributed by atoms with Gasteiger partial charge in [0, 0.05) is 6.20 Å². The highest BCUT2D eigenvalue weighted by molar-refractivity contribution is 9.10.